The lowest BCUT2D eigenvalue weighted by Crippen LogP contribution is -2.46. The summed E-state index contributed by atoms with van der Waals surface area (Å²) in [7, 11) is 0. The van der Waals surface area contributed by atoms with E-state index in [-0.39, 0.29) is 30.7 Å². The van der Waals surface area contributed by atoms with E-state index in [9.17, 15) is 19.1 Å². The summed E-state index contributed by atoms with van der Waals surface area (Å²) in [6, 6.07) is 5.51. The van der Waals surface area contributed by atoms with Gasteiger partial charge >= 0.3 is 5.97 Å². The van der Waals surface area contributed by atoms with Crippen LogP contribution in [-0.4, -0.2) is 40.6 Å². The number of para-hydroxylation sites is 1. The fourth-order valence-corrected chi connectivity index (χ4v) is 4.14. The third kappa shape index (κ3) is 3.94. The van der Waals surface area contributed by atoms with Crippen molar-refractivity contribution in [3.8, 4) is 5.75 Å². The van der Waals surface area contributed by atoms with Crippen LogP contribution in [0.1, 0.15) is 44.9 Å². The van der Waals surface area contributed by atoms with Gasteiger partial charge in [0.15, 0.2) is 11.6 Å². The first kappa shape index (κ1) is 17.7. The van der Waals surface area contributed by atoms with Crippen molar-refractivity contribution in [3.05, 3.63) is 30.1 Å². The molecular weight excluding hydrogens is 325 g/mol. The number of hydrogen-bond acceptors (Lipinski definition) is 3. The van der Waals surface area contributed by atoms with Gasteiger partial charge in [0, 0.05) is 12.5 Å². The number of carboxylic acids is 1. The van der Waals surface area contributed by atoms with Crippen LogP contribution in [0.3, 0.4) is 0 Å². The highest BCUT2D eigenvalue weighted by Crippen LogP contribution is 2.40. The van der Waals surface area contributed by atoms with Crippen molar-refractivity contribution in [2.24, 2.45) is 5.92 Å². The number of carbonyl (C=O) groups is 2. The molecule has 1 amide bonds. The summed E-state index contributed by atoms with van der Waals surface area (Å²) in [5.74, 6) is -0.978. The minimum absolute atomic E-state index is 0.0647. The standard InChI is InChI=1S/C19H24FNO4/c20-14-7-2-4-9-17(14)25-11-5-10-18(22)21-15-8-3-1-6-13(15)12-16(21)19(23)24/h2,4,7,9,13,15-16H,1,3,5-6,8,10-12H2,(H,23,24). The fourth-order valence-electron chi connectivity index (χ4n) is 4.14. The minimum Gasteiger partial charge on any atom is -0.491 e. The topological polar surface area (TPSA) is 66.8 Å². The Kier molecular flexibility index (Phi) is 5.56. The molecule has 3 rings (SSSR count). The van der Waals surface area contributed by atoms with Crippen molar-refractivity contribution >= 4 is 11.9 Å². The maximum absolute atomic E-state index is 13.5. The second kappa shape index (κ2) is 7.85. The molecule has 6 heteroatoms. The van der Waals surface area contributed by atoms with Crippen molar-refractivity contribution < 1.29 is 23.8 Å². The number of ether oxygens (including phenoxy) is 1. The molecule has 0 aromatic heterocycles. The molecule has 1 saturated carbocycles. The third-order valence-corrected chi connectivity index (χ3v) is 5.29. The Morgan fingerprint density at radius 1 is 1.24 bits per heavy atom. The number of halogens is 1. The van der Waals surface area contributed by atoms with E-state index in [0.717, 1.165) is 25.7 Å². The second-order valence-corrected chi connectivity index (χ2v) is 6.89. The molecule has 3 atom stereocenters. The van der Waals surface area contributed by atoms with E-state index >= 15 is 0 Å². The number of benzene rings is 1. The Hall–Kier alpha value is -2.11. The summed E-state index contributed by atoms with van der Waals surface area (Å²) in [6.07, 6.45) is 5.30. The lowest BCUT2D eigenvalue weighted by atomic mass is 9.84. The highest BCUT2D eigenvalue weighted by Gasteiger charge is 2.47. The summed E-state index contributed by atoms with van der Waals surface area (Å²) < 4.78 is 18.9. The predicted octanol–water partition coefficient (Wildman–Crippen LogP) is 3.23. The van der Waals surface area contributed by atoms with Gasteiger partial charge in [0.25, 0.3) is 0 Å². The van der Waals surface area contributed by atoms with Crippen molar-refractivity contribution in [2.45, 2.75) is 57.0 Å². The summed E-state index contributed by atoms with van der Waals surface area (Å²) in [5, 5.41) is 9.47. The van der Waals surface area contributed by atoms with Crippen molar-refractivity contribution in [2.75, 3.05) is 6.61 Å². The number of likely N-dealkylation sites (tertiary alicyclic amines) is 1. The maximum Gasteiger partial charge on any atom is 0.326 e. The van der Waals surface area contributed by atoms with E-state index < -0.39 is 17.8 Å². The number of aliphatic carboxylic acids is 1. The molecule has 0 bridgehead atoms. The molecular formula is C19H24FNO4. The molecule has 136 valence electrons. The largest absolute Gasteiger partial charge is 0.491 e. The Labute approximate surface area is 146 Å². The molecule has 1 aliphatic carbocycles. The molecule has 0 radical (unpaired) electrons. The number of fused-ring (bicyclic) bond motifs is 1. The molecule has 5 nitrogen and oxygen atoms in total. The number of amides is 1. The van der Waals surface area contributed by atoms with E-state index in [4.69, 9.17) is 4.74 Å². The molecule has 25 heavy (non-hydrogen) atoms. The number of carbonyl (C=O) groups excluding carboxylic acids is 1. The SMILES string of the molecule is O=C(O)C1CC2CCCCC2N1C(=O)CCCOc1ccccc1F. The summed E-state index contributed by atoms with van der Waals surface area (Å²) in [4.78, 5) is 25.8. The average Bonchev–Trinajstić information content (AvgIpc) is 3.00. The molecule has 1 aromatic carbocycles. The van der Waals surface area contributed by atoms with Crippen LogP contribution in [0.15, 0.2) is 24.3 Å². The van der Waals surface area contributed by atoms with Gasteiger partial charge in [-0.1, -0.05) is 25.0 Å². The quantitative estimate of drug-likeness (QED) is 0.801. The van der Waals surface area contributed by atoms with Crippen LogP contribution in [-0.2, 0) is 9.59 Å². The molecule has 1 aliphatic heterocycles. The van der Waals surface area contributed by atoms with Gasteiger partial charge in [0.2, 0.25) is 5.91 Å². The van der Waals surface area contributed by atoms with Crippen molar-refractivity contribution in [3.63, 3.8) is 0 Å². The smallest absolute Gasteiger partial charge is 0.326 e. The van der Waals surface area contributed by atoms with Gasteiger partial charge in [-0.05, 0) is 43.7 Å². The minimum atomic E-state index is -0.912. The molecule has 1 heterocycles. The molecule has 0 spiro atoms. The van der Waals surface area contributed by atoms with Crippen LogP contribution in [0.2, 0.25) is 0 Å². The Morgan fingerprint density at radius 2 is 2.00 bits per heavy atom. The molecule has 1 saturated heterocycles. The Balaban J connectivity index is 1.54. The average molecular weight is 349 g/mol. The van der Waals surface area contributed by atoms with Crippen LogP contribution < -0.4 is 4.74 Å². The molecule has 2 aliphatic rings. The fraction of sp³-hybridized carbons (Fsp3) is 0.579. The summed E-state index contributed by atoms with van der Waals surface area (Å²) in [6.45, 7) is 0.229. The molecule has 1 aromatic rings. The zero-order valence-corrected chi connectivity index (χ0v) is 14.2. The maximum atomic E-state index is 13.5. The first-order valence-electron chi connectivity index (χ1n) is 8.99. The van der Waals surface area contributed by atoms with Gasteiger partial charge < -0.3 is 14.7 Å². The summed E-state index contributed by atoms with van der Waals surface area (Å²) in [5.41, 5.74) is 0. The van der Waals surface area contributed by atoms with Crippen LogP contribution in [0.5, 0.6) is 5.75 Å². The normalized spacial score (nSPS) is 25.5. The van der Waals surface area contributed by atoms with E-state index in [1.165, 1.54) is 6.07 Å². The Bertz CT molecular complexity index is 636. The first-order chi connectivity index (χ1) is 12.1. The van der Waals surface area contributed by atoms with Gasteiger partial charge in [-0.25, -0.2) is 9.18 Å². The van der Waals surface area contributed by atoms with Crippen molar-refractivity contribution in [1.29, 1.82) is 0 Å². The number of nitrogens with zero attached hydrogens (tertiary/aromatic N) is 1. The van der Waals surface area contributed by atoms with Crippen LogP contribution in [0.4, 0.5) is 4.39 Å². The van der Waals surface area contributed by atoms with E-state index in [0.29, 0.717) is 18.8 Å². The monoisotopic (exact) mass is 349 g/mol. The lowest BCUT2D eigenvalue weighted by molar-refractivity contribution is -0.150. The zero-order chi connectivity index (χ0) is 17.8. The third-order valence-electron chi connectivity index (χ3n) is 5.29. The predicted molar refractivity (Wildman–Crippen MR) is 89.8 cm³/mol. The van der Waals surface area contributed by atoms with Gasteiger partial charge in [-0.2, -0.15) is 0 Å². The van der Waals surface area contributed by atoms with Crippen LogP contribution in [0.25, 0.3) is 0 Å². The van der Waals surface area contributed by atoms with E-state index in [1.54, 1.807) is 23.1 Å². The van der Waals surface area contributed by atoms with Gasteiger partial charge in [0.05, 0.1) is 6.61 Å². The van der Waals surface area contributed by atoms with Crippen LogP contribution in [0, 0.1) is 11.7 Å². The van der Waals surface area contributed by atoms with E-state index in [1.807, 2.05) is 0 Å². The van der Waals surface area contributed by atoms with Crippen molar-refractivity contribution in [1.82, 2.24) is 4.90 Å². The second-order valence-electron chi connectivity index (χ2n) is 6.89. The molecule has 2 fully saturated rings. The molecule has 1 N–H and O–H groups in total. The number of hydrogen-bond donors (Lipinski definition) is 1. The molecule has 3 unspecified atom stereocenters. The lowest BCUT2D eigenvalue weighted by Gasteiger charge is -2.33. The van der Waals surface area contributed by atoms with Gasteiger partial charge in [-0.3, -0.25) is 4.79 Å². The van der Waals surface area contributed by atoms with Gasteiger partial charge in [-0.15, -0.1) is 0 Å². The Morgan fingerprint density at radius 3 is 2.76 bits per heavy atom. The zero-order valence-electron chi connectivity index (χ0n) is 14.2. The number of rotatable bonds is 6. The van der Waals surface area contributed by atoms with Gasteiger partial charge in [0.1, 0.15) is 6.04 Å². The first-order valence-corrected chi connectivity index (χ1v) is 8.99. The number of carboxylic acid groups (broad SMARTS) is 1. The summed E-state index contributed by atoms with van der Waals surface area (Å²) >= 11 is 0. The highest BCUT2D eigenvalue weighted by molar-refractivity contribution is 5.84. The van der Waals surface area contributed by atoms with E-state index in [2.05, 4.69) is 0 Å². The van der Waals surface area contributed by atoms with Crippen LogP contribution >= 0.6 is 0 Å². The highest BCUT2D eigenvalue weighted by atomic mass is 19.1.